The quantitative estimate of drug-likeness (QED) is 0.416. The molecule has 0 bridgehead atoms. The maximum atomic E-state index is 12.8. The molecule has 0 aliphatic rings. The fraction of sp³-hybridized carbons (Fsp3) is 0.381. The molecule has 0 aliphatic heterocycles. The van der Waals surface area contributed by atoms with Gasteiger partial charge in [0.2, 0.25) is 0 Å². The second-order valence-electron chi connectivity index (χ2n) is 6.56. The fourth-order valence-corrected chi connectivity index (χ4v) is 4.23. The maximum absolute atomic E-state index is 12.8. The summed E-state index contributed by atoms with van der Waals surface area (Å²) in [6.07, 6.45) is 1.06. The Hall–Kier alpha value is -2.34. The Kier molecular flexibility index (Phi) is 6.16. The largest absolute Gasteiger partial charge is 0.348 e. The lowest BCUT2D eigenvalue weighted by Gasteiger charge is -2.08. The van der Waals surface area contributed by atoms with E-state index in [1.807, 2.05) is 43.3 Å². The standard InChI is InChI=1S/C21H26N4OS/c1-5-12-25-15(3)13-18(16(25)4)19(26)14-27-21-23-22-20(24(21)6-2)17-10-8-7-9-11-17/h7-11,13H,5-6,12,14H2,1-4H3. The van der Waals surface area contributed by atoms with E-state index in [1.54, 1.807) is 0 Å². The first-order valence-corrected chi connectivity index (χ1v) is 10.4. The van der Waals surface area contributed by atoms with E-state index in [4.69, 9.17) is 0 Å². The van der Waals surface area contributed by atoms with Gasteiger partial charge in [-0.3, -0.25) is 4.79 Å². The van der Waals surface area contributed by atoms with Crippen LogP contribution in [0.25, 0.3) is 11.4 Å². The zero-order chi connectivity index (χ0) is 19.4. The van der Waals surface area contributed by atoms with Crippen molar-refractivity contribution in [2.24, 2.45) is 0 Å². The number of hydrogen-bond acceptors (Lipinski definition) is 4. The topological polar surface area (TPSA) is 52.7 Å². The molecular weight excluding hydrogens is 356 g/mol. The minimum Gasteiger partial charge on any atom is -0.348 e. The summed E-state index contributed by atoms with van der Waals surface area (Å²) in [5.41, 5.74) is 4.06. The van der Waals surface area contributed by atoms with Crippen molar-refractivity contribution in [1.29, 1.82) is 0 Å². The monoisotopic (exact) mass is 382 g/mol. The molecule has 0 saturated heterocycles. The third-order valence-corrected chi connectivity index (χ3v) is 5.69. The Labute approximate surface area is 164 Å². The number of rotatable bonds is 8. The maximum Gasteiger partial charge on any atom is 0.191 e. The molecule has 142 valence electrons. The van der Waals surface area contributed by atoms with E-state index in [0.29, 0.717) is 5.75 Å². The predicted molar refractivity (Wildman–Crippen MR) is 110 cm³/mol. The third-order valence-electron chi connectivity index (χ3n) is 4.72. The molecule has 3 aromatic rings. The van der Waals surface area contributed by atoms with E-state index in [2.05, 4.69) is 40.1 Å². The highest BCUT2D eigenvalue weighted by atomic mass is 32.2. The van der Waals surface area contributed by atoms with E-state index in [1.165, 1.54) is 11.8 Å². The molecule has 0 fully saturated rings. The van der Waals surface area contributed by atoms with Crippen molar-refractivity contribution in [2.75, 3.05) is 5.75 Å². The van der Waals surface area contributed by atoms with Crippen molar-refractivity contribution < 1.29 is 4.79 Å². The second kappa shape index (κ2) is 8.57. The zero-order valence-corrected chi connectivity index (χ0v) is 17.2. The van der Waals surface area contributed by atoms with Crippen molar-refractivity contribution in [2.45, 2.75) is 52.4 Å². The molecule has 6 heteroatoms. The van der Waals surface area contributed by atoms with E-state index < -0.39 is 0 Å². The Bertz CT molecular complexity index is 927. The first kappa shape index (κ1) is 19.4. The number of benzene rings is 1. The summed E-state index contributed by atoms with van der Waals surface area (Å²) in [5, 5.41) is 9.45. The van der Waals surface area contributed by atoms with Crippen LogP contribution in [-0.2, 0) is 13.1 Å². The van der Waals surface area contributed by atoms with Crippen LogP contribution in [0.1, 0.15) is 42.0 Å². The second-order valence-corrected chi connectivity index (χ2v) is 7.51. The number of carbonyl (C=O) groups excluding carboxylic acids is 1. The van der Waals surface area contributed by atoms with Gasteiger partial charge < -0.3 is 9.13 Å². The van der Waals surface area contributed by atoms with Crippen LogP contribution in [0.4, 0.5) is 0 Å². The van der Waals surface area contributed by atoms with E-state index in [9.17, 15) is 4.79 Å². The number of aryl methyl sites for hydroxylation is 1. The predicted octanol–water partition coefficient (Wildman–Crippen LogP) is 4.77. The molecule has 0 unspecified atom stereocenters. The summed E-state index contributed by atoms with van der Waals surface area (Å²) >= 11 is 1.46. The fourth-order valence-electron chi connectivity index (χ4n) is 3.34. The van der Waals surface area contributed by atoms with E-state index in [-0.39, 0.29) is 5.78 Å². The lowest BCUT2D eigenvalue weighted by molar-refractivity contribution is 0.102. The van der Waals surface area contributed by atoms with Crippen LogP contribution in [0.5, 0.6) is 0 Å². The van der Waals surface area contributed by atoms with Crippen LogP contribution in [0.15, 0.2) is 41.6 Å². The minimum absolute atomic E-state index is 0.141. The Morgan fingerprint density at radius 2 is 1.81 bits per heavy atom. The Balaban J connectivity index is 1.77. The van der Waals surface area contributed by atoms with Crippen LogP contribution >= 0.6 is 11.8 Å². The van der Waals surface area contributed by atoms with Gasteiger partial charge in [0.25, 0.3) is 0 Å². The van der Waals surface area contributed by atoms with Gasteiger partial charge in [0.05, 0.1) is 5.75 Å². The van der Waals surface area contributed by atoms with Crippen molar-refractivity contribution in [3.8, 4) is 11.4 Å². The van der Waals surface area contributed by atoms with Gasteiger partial charge in [0.15, 0.2) is 16.8 Å². The van der Waals surface area contributed by atoms with Crippen LogP contribution in [0.3, 0.4) is 0 Å². The van der Waals surface area contributed by atoms with Crippen molar-refractivity contribution >= 4 is 17.5 Å². The van der Waals surface area contributed by atoms with Crippen LogP contribution in [0, 0.1) is 13.8 Å². The first-order chi connectivity index (χ1) is 13.1. The molecule has 2 aromatic heterocycles. The summed E-state index contributed by atoms with van der Waals surface area (Å²) < 4.78 is 4.29. The van der Waals surface area contributed by atoms with Gasteiger partial charge in [-0.05, 0) is 33.3 Å². The van der Waals surface area contributed by atoms with Crippen molar-refractivity contribution in [1.82, 2.24) is 19.3 Å². The molecule has 0 atom stereocenters. The molecule has 2 heterocycles. The molecule has 0 spiro atoms. The highest BCUT2D eigenvalue weighted by Gasteiger charge is 2.18. The average molecular weight is 383 g/mol. The molecule has 0 N–H and O–H groups in total. The SMILES string of the molecule is CCCn1c(C)cc(C(=O)CSc2nnc(-c3ccccc3)n2CC)c1C. The molecule has 27 heavy (non-hydrogen) atoms. The smallest absolute Gasteiger partial charge is 0.191 e. The van der Waals surface area contributed by atoms with Gasteiger partial charge in [-0.15, -0.1) is 10.2 Å². The number of nitrogens with zero attached hydrogens (tertiary/aromatic N) is 4. The van der Waals surface area contributed by atoms with Gasteiger partial charge in [0.1, 0.15) is 0 Å². The van der Waals surface area contributed by atoms with Gasteiger partial charge in [-0.1, -0.05) is 49.0 Å². The molecule has 0 radical (unpaired) electrons. The molecule has 0 saturated carbocycles. The van der Waals surface area contributed by atoms with Gasteiger partial charge >= 0.3 is 0 Å². The van der Waals surface area contributed by atoms with E-state index >= 15 is 0 Å². The highest BCUT2D eigenvalue weighted by molar-refractivity contribution is 7.99. The van der Waals surface area contributed by atoms with Gasteiger partial charge in [-0.2, -0.15) is 0 Å². The number of thioether (sulfide) groups is 1. The highest BCUT2D eigenvalue weighted by Crippen LogP contribution is 2.25. The van der Waals surface area contributed by atoms with E-state index in [0.717, 1.165) is 53.0 Å². The lowest BCUT2D eigenvalue weighted by Crippen LogP contribution is -2.07. The summed E-state index contributed by atoms with van der Waals surface area (Å²) in [6.45, 7) is 10.0. The number of carbonyl (C=O) groups is 1. The van der Waals surface area contributed by atoms with Crippen molar-refractivity contribution in [3.05, 3.63) is 53.3 Å². The minimum atomic E-state index is 0.141. The number of ketones is 1. The summed E-state index contributed by atoms with van der Waals surface area (Å²) in [6, 6.07) is 12.0. The summed E-state index contributed by atoms with van der Waals surface area (Å²) in [4.78, 5) is 12.8. The molecule has 1 aromatic carbocycles. The molecule has 0 aliphatic carbocycles. The van der Waals surface area contributed by atoms with Gasteiger partial charge in [-0.25, -0.2) is 0 Å². The number of hydrogen-bond donors (Lipinski definition) is 0. The zero-order valence-electron chi connectivity index (χ0n) is 16.4. The normalized spacial score (nSPS) is 11.1. The van der Waals surface area contributed by atoms with Gasteiger partial charge in [0, 0.05) is 35.6 Å². The molecular formula is C21H26N4OS. The molecule has 0 amide bonds. The third kappa shape index (κ3) is 4.00. The summed E-state index contributed by atoms with van der Waals surface area (Å²) in [7, 11) is 0. The number of aromatic nitrogens is 4. The Morgan fingerprint density at radius 3 is 2.48 bits per heavy atom. The van der Waals surface area contributed by atoms with Crippen LogP contribution in [-0.4, -0.2) is 30.9 Å². The number of Topliss-reactive ketones (excluding diaryl/α,β-unsaturated/α-hetero) is 1. The van der Waals surface area contributed by atoms with Crippen LogP contribution < -0.4 is 0 Å². The lowest BCUT2D eigenvalue weighted by atomic mass is 10.2. The van der Waals surface area contributed by atoms with Crippen molar-refractivity contribution in [3.63, 3.8) is 0 Å². The molecule has 3 rings (SSSR count). The summed E-state index contributed by atoms with van der Waals surface area (Å²) in [5.74, 6) is 1.35. The first-order valence-electron chi connectivity index (χ1n) is 9.38. The van der Waals surface area contributed by atoms with Crippen LogP contribution in [0.2, 0.25) is 0 Å². The average Bonchev–Trinajstić information content (AvgIpc) is 3.22. The Morgan fingerprint density at radius 1 is 1.07 bits per heavy atom. The molecule has 5 nitrogen and oxygen atoms in total.